The zero-order valence-corrected chi connectivity index (χ0v) is 14.5. The predicted octanol–water partition coefficient (Wildman–Crippen LogP) is 3.62. The smallest absolute Gasteiger partial charge is 0.314 e. The number of carboxylic acids is 1. The highest BCUT2D eigenvalue weighted by Crippen LogP contribution is 2.53. The number of carbonyl (C=O) groups is 1. The number of rotatable bonds is 3. The van der Waals surface area contributed by atoms with Crippen molar-refractivity contribution < 1.29 is 14.6 Å². The lowest BCUT2D eigenvalue weighted by Gasteiger charge is -2.43. The summed E-state index contributed by atoms with van der Waals surface area (Å²) in [7, 11) is 1.85. The predicted molar refractivity (Wildman–Crippen MR) is 94.0 cm³/mol. The third-order valence-electron chi connectivity index (χ3n) is 5.44. The van der Waals surface area contributed by atoms with Gasteiger partial charge in [-0.15, -0.1) is 0 Å². The van der Waals surface area contributed by atoms with Crippen LogP contribution in [0.2, 0.25) is 0 Å². The molecule has 2 aromatic rings. The summed E-state index contributed by atoms with van der Waals surface area (Å²) in [5.74, 6) is 0.466. The maximum Gasteiger partial charge on any atom is 0.314 e. The molecule has 2 atom stereocenters. The van der Waals surface area contributed by atoms with Gasteiger partial charge in [0, 0.05) is 23.1 Å². The van der Waals surface area contributed by atoms with Crippen molar-refractivity contribution in [1.29, 1.82) is 0 Å². The first-order chi connectivity index (χ1) is 11.3. The number of hydrogen-bond donors (Lipinski definition) is 2. The minimum absolute atomic E-state index is 0.518. The van der Waals surface area contributed by atoms with Gasteiger partial charge in [-0.25, -0.2) is 0 Å². The lowest BCUT2D eigenvalue weighted by atomic mass is 9.58. The number of hydrogen-bond acceptors (Lipinski definition) is 3. The van der Waals surface area contributed by atoms with Gasteiger partial charge in [-0.1, -0.05) is 42.8 Å². The molecule has 4 heteroatoms. The molecule has 0 saturated carbocycles. The van der Waals surface area contributed by atoms with Gasteiger partial charge >= 0.3 is 5.97 Å². The van der Waals surface area contributed by atoms with Crippen LogP contribution in [0.1, 0.15) is 30.5 Å². The average molecular weight is 325 g/mol. The van der Waals surface area contributed by atoms with Gasteiger partial charge in [-0.3, -0.25) is 4.79 Å². The average Bonchev–Trinajstić information content (AvgIpc) is 2.63. The van der Waals surface area contributed by atoms with Crippen LogP contribution in [0.5, 0.6) is 11.5 Å². The first-order valence-electron chi connectivity index (χ1n) is 8.11. The zero-order valence-electron chi connectivity index (χ0n) is 14.5. The third-order valence-corrected chi connectivity index (χ3v) is 5.44. The van der Waals surface area contributed by atoms with Crippen LogP contribution in [-0.4, -0.2) is 24.7 Å². The number of ether oxygens (including phenoxy) is 1. The van der Waals surface area contributed by atoms with Gasteiger partial charge < -0.3 is 15.2 Å². The largest absolute Gasteiger partial charge is 0.481 e. The van der Waals surface area contributed by atoms with E-state index >= 15 is 0 Å². The number of fused-ring (bicyclic) bond motifs is 2. The summed E-state index contributed by atoms with van der Waals surface area (Å²) in [6.45, 7) is 6.33. The van der Waals surface area contributed by atoms with E-state index in [1.807, 2.05) is 63.4 Å². The standard InChI is InChI=1S/C20H23NO3/c1-13-9-10-17-15(11-13)19(2,12-21-4)20(3,18(22)23)14-7-5-6-8-16(14)24-17/h5-11,21H,12H2,1-4H3,(H,22,23)/t19-,20+/m1/s1. The molecule has 126 valence electrons. The van der Waals surface area contributed by atoms with Gasteiger partial charge in [-0.2, -0.15) is 0 Å². The van der Waals surface area contributed by atoms with Crippen LogP contribution in [0.4, 0.5) is 0 Å². The molecule has 0 fully saturated rings. The Morgan fingerprint density at radius 3 is 2.46 bits per heavy atom. The molecule has 3 rings (SSSR count). The molecule has 0 aromatic heterocycles. The van der Waals surface area contributed by atoms with Crippen molar-refractivity contribution >= 4 is 5.97 Å². The minimum Gasteiger partial charge on any atom is -0.481 e. The molecule has 0 aliphatic carbocycles. The lowest BCUT2D eigenvalue weighted by Crippen LogP contribution is -2.54. The van der Waals surface area contributed by atoms with E-state index in [-0.39, 0.29) is 0 Å². The molecule has 1 heterocycles. The Hall–Kier alpha value is -2.33. The third kappa shape index (κ3) is 2.13. The molecule has 0 radical (unpaired) electrons. The fraction of sp³-hybridized carbons (Fsp3) is 0.350. The van der Waals surface area contributed by atoms with E-state index in [1.165, 1.54) is 0 Å². The molecular weight excluding hydrogens is 302 g/mol. The Morgan fingerprint density at radius 2 is 1.79 bits per heavy atom. The number of aliphatic carboxylic acids is 1. The molecule has 1 aliphatic rings. The summed E-state index contributed by atoms with van der Waals surface area (Å²) in [5, 5.41) is 13.4. The second-order valence-corrected chi connectivity index (χ2v) is 6.89. The van der Waals surface area contributed by atoms with Crippen molar-refractivity contribution in [3.05, 3.63) is 59.2 Å². The Morgan fingerprint density at radius 1 is 1.12 bits per heavy atom. The molecule has 0 spiro atoms. The van der Waals surface area contributed by atoms with Gasteiger partial charge in [0.2, 0.25) is 0 Å². The van der Waals surface area contributed by atoms with Crippen molar-refractivity contribution in [1.82, 2.24) is 5.32 Å². The number of likely N-dealkylation sites (N-methyl/N-ethyl adjacent to an activating group) is 1. The van der Waals surface area contributed by atoms with Gasteiger partial charge in [0.25, 0.3) is 0 Å². The second-order valence-electron chi connectivity index (χ2n) is 6.89. The van der Waals surface area contributed by atoms with Crippen LogP contribution >= 0.6 is 0 Å². The Bertz CT molecular complexity index is 801. The number of benzene rings is 2. The van der Waals surface area contributed by atoms with Crippen molar-refractivity contribution in [2.75, 3.05) is 13.6 Å². The van der Waals surface area contributed by atoms with Crippen molar-refractivity contribution in [3.63, 3.8) is 0 Å². The number of para-hydroxylation sites is 1. The molecule has 2 N–H and O–H groups in total. The topological polar surface area (TPSA) is 58.6 Å². The fourth-order valence-electron chi connectivity index (χ4n) is 3.79. The molecule has 0 saturated heterocycles. The monoisotopic (exact) mass is 325 g/mol. The van der Waals surface area contributed by atoms with E-state index in [4.69, 9.17) is 4.74 Å². The van der Waals surface area contributed by atoms with E-state index in [0.29, 0.717) is 17.9 Å². The van der Waals surface area contributed by atoms with Crippen LogP contribution in [0, 0.1) is 6.92 Å². The van der Waals surface area contributed by atoms with Gasteiger partial charge in [0.05, 0.1) is 0 Å². The van der Waals surface area contributed by atoms with Crippen LogP contribution in [-0.2, 0) is 15.6 Å². The lowest BCUT2D eigenvalue weighted by molar-refractivity contribution is -0.146. The van der Waals surface area contributed by atoms with E-state index in [1.54, 1.807) is 6.92 Å². The Balaban J connectivity index is 2.42. The molecule has 2 aromatic carbocycles. The molecule has 0 bridgehead atoms. The number of aryl methyl sites for hydroxylation is 1. The maximum atomic E-state index is 12.5. The molecule has 1 aliphatic heterocycles. The maximum absolute atomic E-state index is 12.5. The van der Waals surface area contributed by atoms with Gasteiger partial charge in [0.1, 0.15) is 16.9 Å². The normalized spacial score (nSPS) is 25.2. The highest BCUT2D eigenvalue weighted by Gasteiger charge is 2.56. The summed E-state index contributed by atoms with van der Waals surface area (Å²) < 4.78 is 6.15. The molecule has 4 nitrogen and oxygen atoms in total. The van der Waals surface area contributed by atoms with E-state index in [9.17, 15) is 9.90 Å². The highest BCUT2D eigenvalue weighted by molar-refractivity contribution is 5.86. The number of nitrogens with one attached hydrogen (secondary N) is 1. The summed E-state index contributed by atoms with van der Waals surface area (Å²) in [6.07, 6.45) is 0. The van der Waals surface area contributed by atoms with Crippen molar-refractivity contribution in [2.24, 2.45) is 0 Å². The first-order valence-corrected chi connectivity index (χ1v) is 8.11. The summed E-state index contributed by atoms with van der Waals surface area (Å²) in [4.78, 5) is 12.5. The first kappa shape index (κ1) is 16.5. The number of carboxylic acid groups (broad SMARTS) is 1. The zero-order chi connectivity index (χ0) is 17.5. The van der Waals surface area contributed by atoms with Crippen LogP contribution in [0.3, 0.4) is 0 Å². The van der Waals surface area contributed by atoms with E-state index in [0.717, 1.165) is 16.9 Å². The van der Waals surface area contributed by atoms with E-state index < -0.39 is 16.8 Å². The second kappa shape index (κ2) is 5.64. The SMILES string of the molecule is CNC[C@]1(C)c2cc(C)ccc2Oc2ccccc2[C@@]1(C)C(=O)O. The van der Waals surface area contributed by atoms with Crippen LogP contribution in [0.15, 0.2) is 42.5 Å². The quantitative estimate of drug-likeness (QED) is 0.905. The summed E-state index contributed by atoms with van der Waals surface area (Å²) in [5.41, 5.74) is 0.883. The highest BCUT2D eigenvalue weighted by atomic mass is 16.5. The molecule has 0 unspecified atom stereocenters. The summed E-state index contributed by atoms with van der Waals surface area (Å²) >= 11 is 0. The van der Waals surface area contributed by atoms with Crippen LogP contribution in [0.25, 0.3) is 0 Å². The van der Waals surface area contributed by atoms with Crippen molar-refractivity contribution in [3.8, 4) is 11.5 Å². The molecular formula is C20H23NO3. The van der Waals surface area contributed by atoms with Gasteiger partial charge in [0.15, 0.2) is 0 Å². The molecule has 0 amide bonds. The van der Waals surface area contributed by atoms with E-state index in [2.05, 4.69) is 5.32 Å². The Labute approximate surface area is 142 Å². The molecule has 24 heavy (non-hydrogen) atoms. The fourth-order valence-corrected chi connectivity index (χ4v) is 3.79. The minimum atomic E-state index is -1.13. The Kier molecular flexibility index (Phi) is 3.88. The van der Waals surface area contributed by atoms with Crippen LogP contribution < -0.4 is 10.1 Å². The van der Waals surface area contributed by atoms with Crippen molar-refractivity contribution in [2.45, 2.75) is 31.6 Å². The summed E-state index contributed by atoms with van der Waals surface area (Å²) in [6, 6.07) is 13.4. The van der Waals surface area contributed by atoms with Gasteiger partial charge in [-0.05, 0) is 33.0 Å².